The van der Waals surface area contributed by atoms with Crippen LogP contribution in [0.1, 0.15) is 0 Å². The second-order valence-electron chi connectivity index (χ2n) is 9.86. The Labute approximate surface area is 235 Å². The van der Waals surface area contributed by atoms with E-state index in [-0.39, 0.29) is 0 Å². The van der Waals surface area contributed by atoms with Crippen molar-refractivity contribution in [1.82, 2.24) is 0 Å². The van der Waals surface area contributed by atoms with Crippen molar-refractivity contribution in [2.45, 2.75) is 0 Å². The minimum absolute atomic E-state index is 1.13. The van der Waals surface area contributed by atoms with Crippen molar-refractivity contribution >= 4 is 55.7 Å². The number of benzene rings is 7. The molecule has 0 spiro atoms. The molecule has 2 nitrogen and oxygen atoms in total. The van der Waals surface area contributed by atoms with E-state index in [1.165, 1.54) is 21.5 Å². The van der Waals surface area contributed by atoms with Gasteiger partial charge < -0.3 is 9.80 Å². The van der Waals surface area contributed by atoms with Gasteiger partial charge in [0.15, 0.2) is 0 Å². The van der Waals surface area contributed by atoms with Crippen LogP contribution < -0.4 is 9.80 Å². The molecule has 0 atom stereocenters. The zero-order chi connectivity index (χ0) is 26.7. The number of anilines is 6. The van der Waals surface area contributed by atoms with Gasteiger partial charge in [0.25, 0.3) is 0 Å². The van der Waals surface area contributed by atoms with E-state index in [4.69, 9.17) is 0 Å². The minimum atomic E-state index is 1.13. The fourth-order valence-electron chi connectivity index (χ4n) is 5.58. The third-order valence-corrected chi connectivity index (χ3v) is 7.38. The SMILES string of the molecule is c1ccc(N(c2ccccc2)c2ccc3cc(N(c4ccccc4)c4ccccc4)c4ccccc4c3c2)cc1. The van der Waals surface area contributed by atoms with E-state index in [1.54, 1.807) is 0 Å². The smallest absolute Gasteiger partial charge is 0.0546 e. The molecule has 0 aliphatic heterocycles. The molecule has 0 amide bonds. The summed E-state index contributed by atoms with van der Waals surface area (Å²) in [5, 5.41) is 4.88. The zero-order valence-electron chi connectivity index (χ0n) is 22.1. The molecule has 0 unspecified atom stereocenters. The van der Waals surface area contributed by atoms with Gasteiger partial charge in [0.05, 0.1) is 5.69 Å². The Hall–Kier alpha value is -5.34. The van der Waals surface area contributed by atoms with Crippen LogP contribution in [0.15, 0.2) is 170 Å². The molecule has 0 N–H and O–H groups in total. The lowest BCUT2D eigenvalue weighted by Crippen LogP contribution is -2.11. The van der Waals surface area contributed by atoms with Gasteiger partial charge in [-0.1, -0.05) is 103 Å². The molecule has 0 saturated heterocycles. The number of rotatable bonds is 6. The van der Waals surface area contributed by atoms with Crippen LogP contribution in [-0.4, -0.2) is 0 Å². The second kappa shape index (κ2) is 10.4. The summed E-state index contributed by atoms with van der Waals surface area (Å²) in [7, 11) is 0. The van der Waals surface area contributed by atoms with Crippen molar-refractivity contribution in [1.29, 1.82) is 0 Å². The van der Waals surface area contributed by atoms with E-state index in [0.717, 1.165) is 34.1 Å². The molecule has 7 aromatic carbocycles. The fourth-order valence-corrected chi connectivity index (χ4v) is 5.58. The van der Waals surface area contributed by atoms with Gasteiger partial charge in [-0.05, 0) is 82.9 Å². The summed E-state index contributed by atoms with van der Waals surface area (Å²) >= 11 is 0. The molecular formula is C38H28N2. The van der Waals surface area contributed by atoms with E-state index < -0.39 is 0 Å². The van der Waals surface area contributed by atoms with Gasteiger partial charge in [0.2, 0.25) is 0 Å². The van der Waals surface area contributed by atoms with Crippen LogP contribution in [0.4, 0.5) is 34.1 Å². The lowest BCUT2D eigenvalue weighted by atomic mass is 9.98. The maximum Gasteiger partial charge on any atom is 0.0546 e. The Morgan fingerprint density at radius 1 is 0.275 bits per heavy atom. The highest BCUT2D eigenvalue weighted by atomic mass is 15.1. The first-order valence-electron chi connectivity index (χ1n) is 13.6. The summed E-state index contributed by atoms with van der Waals surface area (Å²) < 4.78 is 0. The van der Waals surface area contributed by atoms with Gasteiger partial charge in [-0.3, -0.25) is 0 Å². The summed E-state index contributed by atoms with van der Waals surface area (Å²) in [6.07, 6.45) is 0. The predicted molar refractivity (Wildman–Crippen MR) is 171 cm³/mol. The molecule has 0 radical (unpaired) electrons. The summed E-state index contributed by atoms with van der Waals surface area (Å²) in [5.74, 6) is 0. The Bertz CT molecular complexity index is 1800. The van der Waals surface area contributed by atoms with Gasteiger partial charge in [-0.2, -0.15) is 0 Å². The van der Waals surface area contributed by atoms with Gasteiger partial charge in [0, 0.05) is 33.8 Å². The van der Waals surface area contributed by atoms with E-state index >= 15 is 0 Å². The molecular weight excluding hydrogens is 484 g/mol. The summed E-state index contributed by atoms with van der Waals surface area (Å²) in [6, 6.07) is 60.3. The second-order valence-corrected chi connectivity index (χ2v) is 9.86. The molecule has 7 rings (SSSR count). The maximum atomic E-state index is 2.36. The normalized spacial score (nSPS) is 11.0. The van der Waals surface area contributed by atoms with Crippen LogP contribution >= 0.6 is 0 Å². The molecule has 40 heavy (non-hydrogen) atoms. The Kier molecular flexibility index (Phi) is 6.20. The maximum absolute atomic E-state index is 2.36. The summed E-state index contributed by atoms with van der Waals surface area (Å²) in [4.78, 5) is 4.68. The third-order valence-electron chi connectivity index (χ3n) is 7.38. The lowest BCUT2D eigenvalue weighted by Gasteiger charge is -2.28. The van der Waals surface area contributed by atoms with E-state index in [9.17, 15) is 0 Å². The molecule has 190 valence electrons. The minimum Gasteiger partial charge on any atom is -0.310 e. The molecule has 2 heteroatoms. The molecule has 0 aliphatic rings. The van der Waals surface area contributed by atoms with Crippen molar-refractivity contribution < 1.29 is 0 Å². The Balaban J connectivity index is 1.46. The first-order valence-corrected chi connectivity index (χ1v) is 13.6. The van der Waals surface area contributed by atoms with Crippen LogP contribution in [0.2, 0.25) is 0 Å². The van der Waals surface area contributed by atoms with E-state index in [2.05, 4.69) is 180 Å². The third kappa shape index (κ3) is 4.36. The highest BCUT2D eigenvalue weighted by Gasteiger charge is 2.18. The molecule has 0 bridgehead atoms. The van der Waals surface area contributed by atoms with Gasteiger partial charge >= 0.3 is 0 Å². The van der Waals surface area contributed by atoms with Crippen LogP contribution in [-0.2, 0) is 0 Å². The number of fused-ring (bicyclic) bond motifs is 3. The molecule has 0 heterocycles. The van der Waals surface area contributed by atoms with Crippen molar-refractivity contribution in [3.05, 3.63) is 170 Å². The zero-order valence-corrected chi connectivity index (χ0v) is 22.1. The van der Waals surface area contributed by atoms with Crippen LogP contribution in [0.5, 0.6) is 0 Å². The molecule has 0 aromatic heterocycles. The quantitative estimate of drug-likeness (QED) is 0.204. The monoisotopic (exact) mass is 512 g/mol. The van der Waals surface area contributed by atoms with Crippen molar-refractivity contribution in [2.75, 3.05) is 9.80 Å². The van der Waals surface area contributed by atoms with Crippen LogP contribution in [0.25, 0.3) is 21.5 Å². The average Bonchev–Trinajstić information content (AvgIpc) is 3.04. The molecule has 0 fully saturated rings. The summed E-state index contributed by atoms with van der Waals surface area (Å²) in [5.41, 5.74) is 6.83. The highest BCUT2D eigenvalue weighted by molar-refractivity contribution is 6.15. The number of para-hydroxylation sites is 4. The van der Waals surface area contributed by atoms with Gasteiger partial charge in [-0.25, -0.2) is 0 Å². The number of hydrogen-bond acceptors (Lipinski definition) is 2. The van der Waals surface area contributed by atoms with Crippen LogP contribution in [0, 0.1) is 0 Å². The molecule has 0 aliphatic carbocycles. The Morgan fingerprint density at radius 2 is 0.700 bits per heavy atom. The van der Waals surface area contributed by atoms with E-state index in [0.29, 0.717) is 0 Å². The number of hydrogen-bond donors (Lipinski definition) is 0. The first-order chi connectivity index (χ1) is 19.9. The van der Waals surface area contributed by atoms with Crippen LogP contribution in [0.3, 0.4) is 0 Å². The standard InChI is InChI=1S/C38H28N2/c1-5-15-30(16-6-1)39(31-17-7-2-8-18-31)34-26-25-29-27-38(36-24-14-13-23-35(36)37(29)28-34)40(32-19-9-3-10-20-32)33-21-11-4-12-22-33/h1-28H. The van der Waals surface area contributed by atoms with Crippen molar-refractivity contribution in [2.24, 2.45) is 0 Å². The topological polar surface area (TPSA) is 6.48 Å². The summed E-state index contributed by atoms with van der Waals surface area (Å²) in [6.45, 7) is 0. The largest absolute Gasteiger partial charge is 0.310 e. The lowest BCUT2D eigenvalue weighted by molar-refractivity contribution is 1.29. The van der Waals surface area contributed by atoms with Crippen molar-refractivity contribution in [3.8, 4) is 0 Å². The first kappa shape index (κ1) is 23.8. The van der Waals surface area contributed by atoms with Gasteiger partial charge in [-0.15, -0.1) is 0 Å². The highest BCUT2D eigenvalue weighted by Crippen LogP contribution is 2.43. The van der Waals surface area contributed by atoms with Crippen molar-refractivity contribution in [3.63, 3.8) is 0 Å². The number of nitrogens with zero attached hydrogens (tertiary/aromatic N) is 2. The van der Waals surface area contributed by atoms with Gasteiger partial charge in [0.1, 0.15) is 0 Å². The predicted octanol–water partition coefficient (Wildman–Crippen LogP) is 10.9. The molecule has 0 saturated carbocycles. The Morgan fingerprint density at radius 3 is 1.20 bits per heavy atom. The van der Waals surface area contributed by atoms with E-state index in [1.807, 2.05) is 0 Å². The molecule has 7 aromatic rings. The fraction of sp³-hybridized carbons (Fsp3) is 0. The average molecular weight is 513 g/mol.